The van der Waals surface area contributed by atoms with E-state index in [-0.39, 0.29) is 12.3 Å². The number of thioether (sulfide) groups is 1. The summed E-state index contributed by atoms with van der Waals surface area (Å²) >= 11 is 1.47. The first-order valence-electron chi connectivity index (χ1n) is 5.34. The second-order valence-electron chi connectivity index (χ2n) is 3.58. The molecule has 1 rings (SSSR count). The van der Waals surface area contributed by atoms with Gasteiger partial charge in [0.25, 0.3) is 0 Å². The first kappa shape index (κ1) is 13.3. The molecule has 1 N–H and O–H groups in total. The van der Waals surface area contributed by atoms with Crippen LogP contribution in [-0.4, -0.2) is 52.8 Å². The number of hydrogen-bond acceptors (Lipinski definition) is 4. The molecule has 1 fully saturated rings. The number of carboxylic acid groups (broad SMARTS) is 1. The van der Waals surface area contributed by atoms with Gasteiger partial charge in [-0.05, 0) is 6.42 Å². The lowest BCUT2D eigenvalue weighted by molar-refractivity contribution is -0.148. The maximum absolute atomic E-state index is 11.7. The topological polar surface area (TPSA) is 66.8 Å². The fourth-order valence-corrected chi connectivity index (χ4v) is 2.61. The summed E-state index contributed by atoms with van der Waals surface area (Å²) in [5, 5.41) is 8.90. The number of aliphatic carboxylic acids is 1. The number of nitrogens with zero attached hydrogens (tertiary/aromatic N) is 1. The zero-order valence-electron chi connectivity index (χ0n) is 9.35. The summed E-state index contributed by atoms with van der Waals surface area (Å²) < 4.78 is 5.21. The number of hydrogen-bond donors (Lipinski definition) is 1. The van der Waals surface area contributed by atoms with Crippen molar-refractivity contribution in [3.05, 3.63) is 0 Å². The predicted octanol–water partition coefficient (Wildman–Crippen LogP) is 0.789. The van der Waals surface area contributed by atoms with Crippen molar-refractivity contribution in [2.24, 2.45) is 0 Å². The fourth-order valence-electron chi connectivity index (χ4n) is 1.44. The highest BCUT2D eigenvalue weighted by Crippen LogP contribution is 2.21. The molecule has 1 saturated heterocycles. The van der Waals surface area contributed by atoms with Crippen LogP contribution in [0.1, 0.15) is 19.8 Å². The summed E-state index contributed by atoms with van der Waals surface area (Å²) in [5.41, 5.74) is 0. The third kappa shape index (κ3) is 3.68. The molecule has 16 heavy (non-hydrogen) atoms. The summed E-state index contributed by atoms with van der Waals surface area (Å²) in [6.45, 7) is 3.02. The smallest absolute Gasteiger partial charge is 0.327 e. The Balaban J connectivity index is 2.32. The molecule has 1 atom stereocenters. The van der Waals surface area contributed by atoms with Crippen LogP contribution in [0.3, 0.4) is 0 Å². The largest absolute Gasteiger partial charge is 0.480 e. The highest BCUT2D eigenvalue weighted by atomic mass is 32.2. The van der Waals surface area contributed by atoms with Crippen molar-refractivity contribution in [1.29, 1.82) is 0 Å². The number of carbonyl (C=O) groups is 2. The summed E-state index contributed by atoms with van der Waals surface area (Å²) in [5.74, 6) is -0.0955. The van der Waals surface area contributed by atoms with Crippen LogP contribution < -0.4 is 0 Å². The minimum absolute atomic E-state index is 0.131. The molecule has 1 unspecified atom stereocenters. The maximum Gasteiger partial charge on any atom is 0.327 e. The maximum atomic E-state index is 11.7. The molecule has 0 spiro atoms. The Bertz CT molecular complexity index is 259. The molecule has 0 bridgehead atoms. The molecule has 1 heterocycles. The quantitative estimate of drug-likeness (QED) is 0.703. The van der Waals surface area contributed by atoms with E-state index in [1.807, 2.05) is 6.92 Å². The third-order valence-electron chi connectivity index (χ3n) is 2.30. The lowest BCUT2D eigenvalue weighted by atomic mass is 10.3. The molecule has 0 saturated carbocycles. The van der Waals surface area contributed by atoms with Crippen LogP contribution in [0.5, 0.6) is 0 Å². The zero-order chi connectivity index (χ0) is 12.0. The van der Waals surface area contributed by atoms with E-state index in [2.05, 4.69) is 0 Å². The van der Waals surface area contributed by atoms with Crippen molar-refractivity contribution >= 4 is 23.6 Å². The molecule has 1 amide bonds. The van der Waals surface area contributed by atoms with E-state index < -0.39 is 12.0 Å². The standard InChI is InChI=1S/C10H17NO4S/c1-2-4-15-5-3-9(12)11-7-16-6-8(11)10(13)14/h8H,2-7H2,1H3,(H,13,14). The average molecular weight is 247 g/mol. The van der Waals surface area contributed by atoms with Crippen molar-refractivity contribution < 1.29 is 19.4 Å². The first-order valence-corrected chi connectivity index (χ1v) is 6.50. The van der Waals surface area contributed by atoms with Gasteiger partial charge in [-0.3, -0.25) is 4.79 Å². The van der Waals surface area contributed by atoms with Gasteiger partial charge >= 0.3 is 5.97 Å². The molecule has 0 aromatic carbocycles. The van der Waals surface area contributed by atoms with Gasteiger partial charge in [0.2, 0.25) is 5.91 Å². The Morgan fingerprint density at radius 2 is 2.25 bits per heavy atom. The van der Waals surface area contributed by atoms with E-state index in [9.17, 15) is 9.59 Å². The molecule has 0 aliphatic carbocycles. The molecular formula is C10H17NO4S. The van der Waals surface area contributed by atoms with E-state index in [1.54, 1.807) is 0 Å². The second kappa shape index (κ2) is 6.75. The van der Waals surface area contributed by atoms with Crippen molar-refractivity contribution in [2.75, 3.05) is 24.8 Å². The van der Waals surface area contributed by atoms with Crippen LogP contribution in [0.15, 0.2) is 0 Å². The highest BCUT2D eigenvalue weighted by molar-refractivity contribution is 7.99. The summed E-state index contributed by atoms with van der Waals surface area (Å²) in [4.78, 5) is 24.0. The third-order valence-corrected chi connectivity index (χ3v) is 3.31. The number of rotatable bonds is 6. The first-order chi connectivity index (χ1) is 7.66. The summed E-state index contributed by atoms with van der Waals surface area (Å²) in [6, 6.07) is -0.663. The van der Waals surface area contributed by atoms with Crippen LogP contribution in [0.2, 0.25) is 0 Å². The van der Waals surface area contributed by atoms with Crippen LogP contribution in [0, 0.1) is 0 Å². The average Bonchev–Trinajstić information content (AvgIpc) is 2.73. The molecule has 0 radical (unpaired) electrons. The lowest BCUT2D eigenvalue weighted by Crippen LogP contribution is -2.42. The molecular weight excluding hydrogens is 230 g/mol. The zero-order valence-corrected chi connectivity index (χ0v) is 10.2. The Labute approximate surface area is 99.1 Å². The van der Waals surface area contributed by atoms with Gasteiger partial charge in [0, 0.05) is 12.4 Å². The van der Waals surface area contributed by atoms with Crippen LogP contribution in [-0.2, 0) is 14.3 Å². The van der Waals surface area contributed by atoms with Gasteiger partial charge in [0.05, 0.1) is 18.9 Å². The fraction of sp³-hybridized carbons (Fsp3) is 0.800. The number of ether oxygens (including phenoxy) is 1. The van der Waals surface area contributed by atoms with Gasteiger partial charge in [0.1, 0.15) is 6.04 Å². The van der Waals surface area contributed by atoms with Gasteiger partial charge in [-0.1, -0.05) is 6.92 Å². The molecule has 5 nitrogen and oxygen atoms in total. The van der Waals surface area contributed by atoms with E-state index in [0.29, 0.717) is 24.8 Å². The van der Waals surface area contributed by atoms with Crippen molar-refractivity contribution in [1.82, 2.24) is 4.90 Å². The molecule has 0 aromatic rings. The second-order valence-corrected chi connectivity index (χ2v) is 4.58. The number of carboxylic acids is 1. The SMILES string of the molecule is CCCOCCC(=O)N1CSCC1C(=O)O. The monoisotopic (exact) mass is 247 g/mol. The number of amides is 1. The van der Waals surface area contributed by atoms with Gasteiger partial charge in [-0.2, -0.15) is 0 Å². The Hall–Kier alpha value is -0.750. The van der Waals surface area contributed by atoms with Gasteiger partial charge in [-0.15, -0.1) is 11.8 Å². The van der Waals surface area contributed by atoms with Gasteiger partial charge in [-0.25, -0.2) is 4.79 Å². The normalized spacial score (nSPS) is 20.1. The Morgan fingerprint density at radius 1 is 1.50 bits per heavy atom. The molecule has 92 valence electrons. The predicted molar refractivity (Wildman–Crippen MR) is 61.3 cm³/mol. The molecule has 1 aliphatic rings. The Kier molecular flexibility index (Phi) is 5.62. The van der Waals surface area contributed by atoms with Crippen molar-refractivity contribution in [2.45, 2.75) is 25.8 Å². The van der Waals surface area contributed by atoms with Crippen molar-refractivity contribution in [3.63, 3.8) is 0 Å². The molecule has 0 aromatic heterocycles. The van der Waals surface area contributed by atoms with Crippen LogP contribution in [0.4, 0.5) is 0 Å². The number of carbonyl (C=O) groups excluding carboxylic acids is 1. The summed E-state index contributed by atoms with van der Waals surface area (Å²) in [6.07, 6.45) is 1.19. The van der Waals surface area contributed by atoms with E-state index in [0.717, 1.165) is 6.42 Å². The molecule has 6 heteroatoms. The van der Waals surface area contributed by atoms with Crippen LogP contribution in [0.25, 0.3) is 0 Å². The lowest BCUT2D eigenvalue weighted by Gasteiger charge is -2.20. The van der Waals surface area contributed by atoms with Gasteiger partial charge < -0.3 is 14.7 Å². The minimum Gasteiger partial charge on any atom is -0.480 e. The van der Waals surface area contributed by atoms with Gasteiger partial charge in [0.15, 0.2) is 0 Å². The van der Waals surface area contributed by atoms with Crippen LogP contribution >= 0.6 is 11.8 Å². The van der Waals surface area contributed by atoms with E-state index in [1.165, 1.54) is 16.7 Å². The highest BCUT2D eigenvalue weighted by Gasteiger charge is 2.33. The summed E-state index contributed by atoms with van der Waals surface area (Å²) in [7, 11) is 0. The minimum atomic E-state index is -0.923. The van der Waals surface area contributed by atoms with E-state index in [4.69, 9.17) is 9.84 Å². The van der Waals surface area contributed by atoms with Crippen molar-refractivity contribution in [3.8, 4) is 0 Å². The molecule has 1 aliphatic heterocycles. The van der Waals surface area contributed by atoms with E-state index >= 15 is 0 Å². The Morgan fingerprint density at radius 3 is 2.88 bits per heavy atom.